The van der Waals surface area contributed by atoms with Gasteiger partial charge in [0.2, 0.25) is 11.8 Å². The lowest BCUT2D eigenvalue weighted by atomic mass is 9.81. The average molecular weight is 376 g/mol. The van der Waals surface area contributed by atoms with Crippen LogP contribution in [0.5, 0.6) is 0 Å². The molecule has 6 nitrogen and oxygen atoms in total. The van der Waals surface area contributed by atoms with Gasteiger partial charge in [-0.15, -0.1) is 0 Å². The molecule has 1 saturated carbocycles. The minimum Gasteiger partial charge on any atom is -0.360 e. The highest BCUT2D eigenvalue weighted by Gasteiger charge is 2.30. The molecule has 2 amide bonds. The minimum atomic E-state index is -0.107. The number of amides is 2. The number of carbonyl (C=O) groups excluding carboxylic acids is 2. The van der Waals surface area contributed by atoms with Gasteiger partial charge in [0.1, 0.15) is 5.76 Å². The van der Waals surface area contributed by atoms with Gasteiger partial charge in [0.05, 0.1) is 0 Å². The van der Waals surface area contributed by atoms with E-state index in [0.29, 0.717) is 42.3 Å². The Kier molecular flexibility index (Phi) is 5.61. The van der Waals surface area contributed by atoms with Crippen LogP contribution in [0.25, 0.3) is 0 Å². The Labute approximate surface area is 157 Å². The van der Waals surface area contributed by atoms with Crippen molar-refractivity contribution in [3.8, 4) is 0 Å². The van der Waals surface area contributed by atoms with E-state index in [1.54, 1.807) is 25.1 Å². The molecule has 26 heavy (non-hydrogen) atoms. The number of rotatable bonds is 4. The number of carbonyl (C=O) groups is 2. The van der Waals surface area contributed by atoms with E-state index >= 15 is 0 Å². The van der Waals surface area contributed by atoms with Crippen molar-refractivity contribution in [2.75, 3.05) is 10.6 Å². The first kappa shape index (κ1) is 18.5. The predicted molar refractivity (Wildman–Crippen MR) is 100 cm³/mol. The topological polar surface area (TPSA) is 84.2 Å². The monoisotopic (exact) mass is 375 g/mol. The molecular formula is C19H22ClN3O3. The Bertz CT molecular complexity index is 810. The van der Waals surface area contributed by atoms with Crippen LogP contribution in [-0.2, 0) is 9.59 Å². The molecule has 0 bridgehead atoms. The molecule has 0 unspecified atom stereocenters. The zero-order valence-corrected chi connectivity index (χ0v) is 15.6. The highest BCUT2D eigenvalue weighted by atomic mass is 35.5. The van der Waals surface area contributed by atoms with Crippen molar-refractivity contribution in [1.29, 1.82) is 0 Å². The molecule has 3 rings (SSSR count). The normalized spacial score (nSPS) is 19.8. The van der Waals surface area contributed by atoms with Crippen LogP contribution in [0.15, 0.2) is 28.8 Å². The smallest absolute Gasteiger partial charge is 0.228 e. The highest BCUT2D eigenvalue weighted by molar-refractivity contribution is 6.31. The van der Waals surface area contributed by atoms with Crippen LogP contribution in [0.3, 0.4) is 0 Å². The van der Waals surface area contributed by atoms with Gasteiger partial charge in [0.15, 0.2) is 5.82 Å². The van der Waals surface area contributed by atoms with E-state index < -0.39 is 0 Å². The Balaban J connectivity index is 1.52. The number of aryl methyl sites for hydroxylation is 2. The molecule has 0 spiro atoms. The SMILES string of the molecule is Cc1cc(NC(=O)C2CCC(C(=O)Nc3cc(Cl)ccc3C)CC2)no1. The number of hydrogen-bond acceptors (Lipinski definition) is 4. The fraction of sp³-hybridized carbons (Fsp3) is 0.421. The summed E-state index contributed by atoms with van der Waals surface area (Å²) in [6, 6.07) is 7.12. The van der Waals surface area contributed by atoms with E-state index in [0.717, 1.165) is 11.3 Å². The van der Waals surface area contributed by atoms with Crippen molar-refractivity contribution >= 4 is 34.9 Å². The zero-order valence-electron chi connectivity index (χ0n) is 14.8. The van der Waals surface area contributed by atoms with E-state index in [-0.39, 0.29) is 23.7 Å². The quantitative estimate of drug-likeness (QED) is 0.833. The molecular weight excluding hydrogens is 354 g/mol. The van der Waals surface area contributed by atoms with Crippen LogP contribution in [0.1, 0.15) is 37.0 Å². The third-order valence-corrected chi connectivity index (χ3v) is 5.04. The van der Waals surface area contributed by atoms with Crippen molar-refractivity contribution in [3.63, 3.8) is 0 Å². The predicted octanol–water partition coefficient (Wildman–Crippen LogP) is 4.33. The summed E-state index contributed by atoms with van der Waals surface area (Å²) in [5, 5.41) is 10.1. The van der Waals surface area contributed by atoms with E-state index in [2.05, 4.69) is 15.8 Å². The Hall–Kier alpha value is -2.34. The van der Waals surface area contributed by atoms with E-state index in [1.807, 2.05) is 13.0 Å². The van der Waals surface area contributed by atoms with Crippen molar-refractivity contribution in [1.82, 2.24) is 5.16 Å². The van der Waals surface area contributed by atoms with Crippen LogP contribution in [0, 0.1) is 25.7 Å². The molecule has 1 aromatic heterocycles. The summed E-state index contributed by atoms with van der Waals surface area (Å²) in [7, 11) is 0. The minimum absolute atomic E-state index is 0.0126. The number of nitrogens with one attached hydrogen (secondary N) is 2. The van der Waals surface area contributed by atoms with Gasteiger partial charge in [-0.1, -0.05) is 22.8 Å². The summed E-state index contributed by atoms with van der Waals surface area (Å²) >= 11 is 6.00. The van der Waals surface area contributed by atoms with Crippen LogP contribution in [-0.4, -0.2) is 17.0 Å². The summed E-state index contributed by atoms with van der Waals surface area (Å²) in [6.07, 6.45) is 2.72. The summed E-state index contributed by atoms with van der Waals surface area (Å²) in [4.78, 5) is 24.8. The lowest BCUT2D eigenvalue weighted by molar-refractivity contribution is -0.125. The highest BCUT2D eigenvalue weighted by Crippen LogP contribution is 2.31. The molecule has 1 aromatic carbocycles. The molecule has 7 heteroatoms. The molecule has 2 aromatic rings. The van der Waals surface area contributed by atoms with Crippen LogP contribution in [0.2, 0.25) is 5.02 Å². The van der Waals surface area contributed by atoms with Gasteiger partial charge in [0, 0.05) is 28.6 Å². The van der Waals surface area contributed by atoms with Gasteiger partial charge in [-0.3, -0.25) is 9.59 Å². The van der Waals surface area contributed by atoms with Crippen LogP contribution >= 0.6 is 11.6 Å². The molecule has 138 valence electrons. The van der Waals surface area contributed by atoms with Gasteiger partial charge in [-0.05, 0) is 57.2 Å². The molecule has 0 radical (unpaired) electrons. The molecule has 1 heterocycles. The first-order valence-electron chi connectivity index (χ1n) is 8.73. The van der Waals surface area contributed by atoms with Crippen molar-refractivity contribution in [2.45, 2.75) is 39.5 Å². The first-order valence-corrected chi connectivity index (χ1v) is 9.11. The summed E-state index contributed by atoms with van der Waals surface area (Å²) in [5.41, 5.74) is 1.71. The van der Waals surface area contributed by atoms with Gasteiger partial charge >= 0.3 is 0 Å². The fourth-order valence-corrected chi connectivity index (χ4v) is 3.41. The van der Waals surface area contributed by atoms with Gasteiger partial charge < -0.3 is 15.2 Å². The van der Waals surface area contributed by atoms with E-state index in [9.17, 15) is 9.59 Å². The number of nitrogens with zero attached hydrogens (tertiary/aromatic N) is 1. The van der Waals surface area contributed by atoms with Crippen LogP contribution < -0.4 is 10.6 Å². The number of benzene rings is 1. The maximum Gasteiger partial charge on any atom is 0.228 e. The van der Waals surface area contributed by atoms with Gasteiger partial charge in [0.25, 0.3) is 0 Å². The molecule has 1 fully saturated rings. The Morgan fingerprint density at radius 1 is 1.04 bits per heavy atom. The second-order valence-corrected chi connectivity index (χ2v) is 7.25. The maximum absolute atomic E-state index is 12.5. The van der Waals surface area contributed by atoms with Crippen molar-refractivity contribution in [3.05, 3.63) is 40.6 Å². The molecule has 2 N–H and O–H groups in total. The van der Waals surface area contributed by atoms with E-state index in [1.165, 1.54) is 0 Å². The number of halogens is 1. The largest absolute Gasteiger partial charge is 0.360 e. The standard InChI is InChI=1S/C19H22ClN3O3/c1-11-3-8-15(20)10-16(11)21-18(24)13-4-6-14(7-5-13)19(25)22-17-9-12(2)26-23-17/h3,8-10,13-14H,4-7H2,1-2H3,(H,21,24)(H,22,23,25). The molecule has 1 aliphatic carbocycles. The zero-order chi connectivity index (χ0) is 18.7. The fourth-order valence-electron chi connectivity index (χ4n) is 3.24. The maximum atomic E-state index is 12.5. The number of anilines is 2. The van der Waals surface area contributed by atoms with Gasteiger partial charge in [-0.2, -0.15) is 0 Å². The number of aromatic nitrogens is 1. The molecule has 1 aliphatic rings. The lowest BCUT2D eigenvalue weighted by Crippen LogP contribution is -2.32. The summed E-state index contributed by atoms with van der Waals surface area (Å²) in [5.74, 6) is 0.806. The molecule has 0 aliphatic heterocycles. The second kappa shape index (κ2) is 7.91. The Morgan fingerprint density at radius 2 is 1.65 bits per heavy atom. The van der Waals surface area contributed by atoms with Crippen LogP contribution in [0.4, 0.5) is 11.5 Å². The Morgan fingerprint density at radius 3 is 2.23 bits per heavy atom. The molecule has 0 atom stereocenters. The lowest BCUT2D eigenvalue weighted by Gasteiger charge is -2.27. The van der Waals surface area contributed by atoms with Crippen molar-refractivity contribution in [2.24, 2.45) is 11.8 Å². The second-order valence-electron chi connectivity index (χ2n) is 6.81. The van der Waals surface area contributed by atoms with Gasteiger partial charge in [-0.25, -0.2) is 0 Å². The third-order valence-electron chi connectivity index (χ3n) is 4.81. The van der Waals surface area contributed by atoms with E-state index in [4.69, 9.17) is 16.1 Å². The third kappa shape index (κ3) is 4.43. The van der Waals surface area contributed by atoms with Crippen molar-refractivity contribution < 1.29 is 14.1 Å². The summed E-state index contributed by atoms with van der Waals surface area (Å²) < 4.78 is 4.95. The average Bonchev–Trinajstić information content (AvgIpc) is 3.03. The first-order chi connectivity index (χ1) is 12.4. The summed E-state index contributed by atoms with van der Waals surface area (Å²) in [6.45, 7) is 3.70. The molecule has 0 saturated heterocycles. The number of hydrogen-bond donors (Lipinski definition) is 2.